The van der Waals surface area contributed by atoms with Crippen LogP contribution in [0.3, 0.4) is 0 Å². The van der Waals surface area contributed by atoms with Crippen LogP contribution in [-0.4, -0.2) is 11.6 Å². The number of carbonyl (C=O) groups is 2. The molecular formula is C10H14O4Zr. The Balaban J connectivity index is -0.000000180. The van der Waals surface area contributed by atoms with Crippen molar-refractivity contribution in [2.45, 2.75) is 27.7 Å². The van der Waals surface area contributed by atoms with E-state index in [1.807, 2.05) is 0 Å². The van der Waals surface area contributed by atoms with Crippen LogP contribution in [0, 0.1) is 0 Å². The Hall–Kier alpha value is -0.697. The summed E-state index contributed by atoms with van der Waals surface area (Å²) in [6, 6.07) is 0. The van der Waals surface area contributed by atoms with Gasteiger partial charge in [-0.15, -0.1) is 11.5 Å². The Morgan fingerprint density at radius 3 is 1.00 bits per heavy atom. The topological polar surface area (TPSA) is 80.3 Å². The molecule has 0 aliphatic rings. The summed E-state index contributed by atoms with van der Waals surface area (Å²) in [6.45, 7) is 5.39. The summed E-state index contributed by atoms with van der Waals surface area (Å²) >= 11 is 0. The van der Waals surface area contributed by atoms with Crippen LogP contribution in [0.2, 0.25) is 0 Å². The normalized spacial score (nSPS) is 10.7. The summed E-state index contributed by atoms with van der Waals surface area (Å²) in [6.07, 6.45) is 2.11. The molecular weight excluding hydrogens is 275 g/mol. The minimum Gasteiger partial charge on any atom is -0.876 e. The molecule has 0 bridgehead atoms. The average molecular weight is 289 g/mol. The van der Waals surface area contributed by atoms with Crippen molar-refractivity contribution in [3.8, 4) is 0 Å². The van der Waals surface area contributed by atoms with Gasteiger partial charge in [0.25, 0.3) is 0 Å². The number of ketones is 2. The van der Waals surface area contributed by atoms with Gasteiger partial charge in [0, 0.05) is 0 Å². The molecule has 15 heavy (non-hydrogen) atoms. The predicted octanol–water partition coefficient (Wildman–Crippen LogP) is -0.324. The van der Waals surface area contributed by atoms with E-state index in [1.54, 1.807) is 0 Å². The molecule has 0 rings (SSSR count). The van der Waals surface area contributed by atoms with E-state index in [0.717, 1.165) is 12.2 Å². The van der Waals surface area contributed by atoms with Crippen LogP contribution in [0.1, 0.15) is 27.7 Å². The monoisotopic (exact) mass is 288 g/mol. The standard InChI is InChI=1S/2C5H8O2.Zr/c2*1-4(6)3-5(2)7;/h2*3,6H,1-2H3;/q;;+2/p-2/b2*4-3-;. The van der Waals surface area contributed by atoms with Gasteiger partial charge < -0.3 is 10.2 Å². The molecule has 4 nitrogen and oxygen atoms in total. The van der Waals surface area contributed by atoms with E-state index in [0.29, 0.717) is 0 Å². The SMILES string of the molecule is CC(=O)/C=C(/C)[O-].CC(=O)/C=C(/C)[O-].[Zr+2]. The maximum atomic E-state index is 9.98. The van der Waals surface area contributed by atoms with E-state index in [1.165, 1.54) is 27.7 Å². The van der Waals surface area contributed by atoms with Crippen LogP contribution < -0.4 is 10.2 Å². The van der Waals surface area contributed by atoms with Gasteiger partial charge in [-0.3, -0.25) is 9.59 Å². The summed E-state index contributed by atoms with van der Waals surface area (Å²) in [5.74, 6) is -0.750. The van der Waals surface area contributed by atoms with Gasteiger partial charge in [-0.1, -0.05) is 13.8 Å². The summed E-state index contributed by atoms with van der Waals surface area (Å²) < 4.78 is 0. The zero-order valence-electron chi connectivity index (χ0n) is 9.29. The molecule has 0 amide bonds. The predicted molar refractivity (Wildman–Crippen MR) is 48.9 cm³/mol. The molecule has 0 N–H and O–H groups in total. The molecule has 0 radical (unpaired) electrons. The van der Waals surface area contributed by atoms with Crippen molar-refractivity contribution in [2.75, 3.05) is 0 Å². The summed E-state index contributed by atoms with van der Waals surface area (Å²) in [5.41, 5.74) is 0. The van der Waals surface area contributed by atoms with Crippen LogP contribution in [0.4, 0.5) is 0 Å². The number of hydrogen-bond donors (Lipinski definition) is 0. The minimum absolute atomic E-state index is 0. The fourth-order valence-electron chi connectivity index (χ4n) is 0.572. The maximum Gasteiger partial charge on any atom is 2.00 e. The van der Waals surface area contributed by atoms with E-state index < -0.39 is 0 Å². The first kappa shape index (κ1) is 19.8. The van der Waals surface area contributed by atoms with Crippen molar-refractivity contribution in [3.05, 3.63) is 23.7 Å². The molecule has 0 aromatic carbocycles. The molecule has 0 fully saturated rings. The van der Waals surface area contributed by atoms with E-state index in [4.69, 9.17) is 0 Å². The van der Waals surface area contributed by atoms with Gasteiger partial charge in [-0.2, -0.15) is 0 Å². The number of hydrogen-bond acceptors (Lipinski definition) is 4. The molecule has 0 aromatic heterocycles. The Kier molecular flexibility index (Phi) is 15.0. The molecule has 0 spiro atoms. The first-order valence-corrected chi connectivity index (χ1v) is 3.97. The third kappa shape index (κ3) is 31.9. The van der Waals surface area contributed by atoms with E-state index in [2.05, 4.69) is 0 Å². The zero-order chi connectivity index (χ0) is 11.7. The molecule has 0 aliphatic carbocycles. The Morgan fingerprint density at radius 2 is 1.00 bits per heavy atom. The quantitative estimate of drug-likeness (QED) is 0.515. The van der Waals surface area contributed by atoms with Gasteiger partial charge in [-0.25, -0.2) is 0 Å². The summed E-state index contributed by atoms with van der Waals surface area (Å²) in [5, 5.41) is 20.0. The minimum atomic E-state index is -0.187. The van der Waals surface area contributed by atoms with Gasteiger partial charge in [0.1, 0.15) is 0 Å². The maximum absolute atomic E-state index is 9.98. The van der Waals surface area contributed by atoms with Crippen molar-refractivity contribution in [1.82, 2.24) is 0 Å². The molecule has 0 unspecified atom stereocenters. The van der Waals surface area contributed by atoms with Gasteiger partial charge in [0.2, 0.25) is 0 Å². The largest absolute Gasteiger partial charge is 2.00 e. The molecule has 0 atom stereocenters. The van der Waals surface area contributed by atoms with Gasteiger partial charge in [0.05, 0.1) is 0 Å². The van der Waals surface area contributed by atoms with Crippen LogP contribution in [-0.2, 0) is 35.8 Å². The van der Waals surface area contributed by atoms with E-state index in [9.17, 15) is 19.8 Å². The smallest absolute Gasteiger partial charge is 0.876 e. The van der Waals surface area contributed by atoms with Crippen molar-refractivity contribution in [1.29, 1.82) is 0 Å². The first-order chi connectivity index (χ1) is 6.25. The van der Waals surface area contributed by atoms with Gasteiger partial charge in [0.15, 0.2) is 11.6 Å². The van der Waals surface area contributed by atoms with Crippen LogP contribution in [0.25, 0.3) is 0 Å². The van der Waals surface area contributed by atoms with E-state index in [-0.39, 0.29) is 49.3 Å². The number of rotatable bonds is 2. The van der Waals surface area contributed by atoms with Gasteiger partial charge in [-0.05, 0) is 26.0 Å². The Labute approximate surface area is 109 Å². The summed E-state index contributed by atoms with van der Waals surface area (Å²) in [4.78, 5) is 20.0. The Morgan fingerprint density at radius 1 is 0.800 bits per heavy atom. The van der Waals surface area contributed by atoms with Crippen molar-refractivity contribution < 1.29 is 46.0 Å². The Bertz CT molecular complexity index is 231. The first-order valence-electron chi connectivity index (χ1n) is 3.97. The third-order valence-electron chi connectivity index (χ3n) is 0.813. The second kappa shape index (κ2) is 11.4. The molecule has 0 saturated heterocycles. The molecule has 0 heterocycles. The van der Waals surface area contributed by atoms with Gasteiger partial charge >= 0.3 is 26.2 Å². The van der Waals surface area contributed by atoms with Crippen LogP contribution >= 0.6 is 0 Å². The van der Waals surface area contributed by atoms with Crippen molar-refractivity contribution >= 4 is 11.6 Å². The number of carbonyl (C=O) groups excluding carboxylic acids is 2. The average Bonchev–Trinajstić information content (AvgIpc) is 1.79. The van der Waals surface area contributed by atoms with Crippen molar-refractivity contribution in [3.63, 3.8) is 0 Å². The second-order valence-electron chi connectivity index (χ2n) is 2.73. The number of allylic oxidation sites excluding steroid dienone is 4. The van der Waals surface area contributed by atoms with E-state index >= 15 is 0 Å². The molecule has 0 aliphatic heterocycles. The van der Waals surface area contributed by atoms with Crippen LogP contribution in [0.5, 0.6) is 0 Å². The fourth-order valence-corrected chi connectivity index (χ4v) is 0.572. The third-order valence-corrected chi connectivity index (χ3v) is 0.813. The zero-order valence-corrected chi connectivity index (χ0v) is 11.7. The second-order valence-corrected chi connectivity index (χ2v) is 2.73. The van der Waals surface area contributed by atoms with Crippen molar-refractivity contribution in [2.24, 2.45) is 0 Å². The van der Waals surface area contributed by atoms with Crippen LogP contribution in [0.15, 0.2) is 23.7 Å². The molecule has 0 saturated carbocycles. The molecule has 0 aromatic rings. The molecule has 82 valence electrons. The fraction of sp³-hybridized carbons (Fsp3) is 0.400. The molecule has 5 heteroatoms. The summed E-state index contributed by atoms with van der Waals surface area (Å²) in [7, 11) is 0.